The van der Waals surface area contributed by atoms with Crippen LogP contribution in [0.3, 0.4) is 0 Å². The summed E-state index contributed by atoms with van der Waals surface area (Å²) in [6.45, 7) is 2.05. The molecule has 2 aromatic carbocycles. The van der Waals surface area contributed by atoms with E-state index in [-0.39, 0.29) is 24.0 Å². The van der Waals surface area contributed by atoms with Crippen LogP contribution in [0.25, 0.3) is 6.08 Å². The van der Waals surface area contributed by atoms with Crippen molar-refractivity contribution in [3.63, 3.8) is 0 Å². The number of hydrogen-bond donors (Lipinski definition) is 0. The van der Waals surface area contributed by atoms with Crippen LogP contribution in [0.2, 0.25) is 0 Å². The van der Waals surface area contributed by atoms with Crippen LogP contribution in [-0.4, -0.2) is 57.2 Å². The molecule has 7 heteroatoms. The van der Waals surface area contributed by atoms with Gasteiger partial charge in [-0.3, -0.25) is 9.69 Å². The van der Waals surface area contributed by atoms with Gasteiger partial charge in [-0.2, -0.15) is 0 Å². The second-order valence-electron chi connectivity index (χ2n) is 8.40. The van der Waals surface area contributed by atoms with Crippen LogP contribution in [-0.2, 0) is 11.2 Å². The molecule has 32 heavy (non-hydrogen) atoms. The van der Waals surface area contributed by atoms with Crippen molar-refractivity contribution in [1.29, 1.82) is 0 Å². The zero-order valence-electron chi connectivity index (χ0n) is 19.3. The van der Waals surface area contributed by atoms with Crippen molar-refractivity contribution < 1.29 is 23.7 Å². The minimum Gasteiger partial charge on any atom is -0.496 e. The van der Waals surface area contributed by atoms with E-state index in [4.69, 9.17) is 18.9 Å². The van der Waals surface area contributed by atoms with Crippen LogP contribution < -0.4 is 18.9 Å². The Morgan fingerprint density at radius 2 is 1.41 bits per heavy atom. The summed E-state index contributed by atoms with van der Waals surface area (Å²) in [6, 6.07) is 7.03. The largest absolute Gasteiger partial charge is 0.496 e. The lowest BCUT2D eigenvalue weighted by Gasteiger charge is -2.53. The number of methoxy groups -OCH3 is 4. The topological polar surface area (TPSA) is 60.5 Å². The van der Waals surface area contributed by atoms with Crippen LogP contribution in [0, 0.1) is 0 Å². The minimum atomic E-state index is -0.286. The van der Waals surface area contributed by atoms with E-state index >= 15 is 0 Å². The molecule has 3 atom stereocenters. The van der Waals surface area contributed by atoms with Crippen molar-refractivity contribution in [2.24, 2.45) is 0 Å². The number of nitrogens with zero attached hydrogens (tertiary/aromatic N) is 2. The molecular weight excluding hydrogens is 408 g/mol. The molecule has 3 aliphatic rings. The van der Waals surface area contributed by atoms with Crippen molar-refractivity contribution in [2.75, 3.05) is 35.5 Å². The lowest BCUT2D eigenvalue weighted by molar-refractivity contribution is -0.143. The third-order valence-electron chi connectivity index (χ3n) is 7.11. The summed E-state index contributed by atoms with van der Waals surface area (Å²) in [5.74, 6) is 3.16. The molecule has 0 radical (unpaired) electrons. The average molecular weight is 437 g/mol. The molecule has 168 valence electrons. The summed E-state index contributed by atoms with van der Waals surface area (Å²) in [5, 5.41) is 0. The summed E-state index contributed by atoms with van der Waals surface area (Å²) >= 11 is 0. The van der Waals surface area contributed by atoms with E-state index in [2.05, 4.69) is 17.9 Å². The highest BCUT2D eigenvalue weighted by Gasteiger charge is 2.51. The van der Waals surface area contributed by atoms with Gasteiger partial charge in [0, 0.05) is 34.4 Å². The lowest BCUT2D eigenvalue weighted by atomic mass is 9.78. The van der Waals surface area contributed by atoms with E-state index in [1.165, 1.54) is 0 Å². The fourth-order valence-electron chi connectivity index (χ4n) is 5.63. The number of benzene rings is 2. The SMILES string of the molecule is COc1ccc(OC)c2c1C=C1[C@H]3c4c(OC)ccc(OC)c4C[C@@H](C(=O)N1[C@H]2C)N3C. The third-order valence-corrected chi connectivity index (χ3v) is 7.11. The van der Waals surface area contributed by atoms with Gasteiger partial charge < -0.3 is 23.8 Å². The van der Waals surface area contributed by atoms with Crippen LogP contribution in [0.4, 0.5) is 0 Å². The smallest absolute Gasteiger partial charge is 0.245 e. The molecule has 2 aromatic rings. The number of rotatable bonds is 4. The standard InChI is InChI=1S/C25H28N2O5/c1-13-22-14(18(29-3)7-9-20(22)31-5)11-16-24-23-15(19(30-4)8-10-21(23)32-6)12-17(26(24)2)25(28)27(13)16/h7-11,13,17,24H,12H2,1-6H3/t13-,17-,24-/m0/s1. The van der Waals surface area contributed by atoms with Gasteiger partial charge in [-0.1, -0.05) is 0 Å². The molecule has 1 saturated heterocycles. The zero-order valence-corrected chi connectivity index (χ0v) is 19.3. The Labute approximate surface area is 188 Å². The Morgan fingerprint density at radius 3 is 2.03 bits per heavy atom. The predicted molar refractivity (Wildman–Crippen MR) is 120 cm³/mol. The maximum Gasteiger partial charge on any atom is 0.245 e. The molecule has 0 saturated carbocycles. The molecule has 3 aliphatic heterocycles. The Hall–Kier alpha value is -3.19. The van der Waals surface area contributed by atoms with Gasteiger partial charge in [0.25, 0.3) is 0 Å². The maximum absolute atomic E-state index is 13.8. The van der Waals surface area contributed by atoms with Crippen LogP contribution in [0.1, 0.15) is 41.3 Å². The first-order valence-corrected chi connectivity index (χ1v) is 10.7. The van der Waals surface area contributed by atoms with Crippen molar-refractivity contribution in [3.8, 4) is 23.0 Å². The molecule has 0 aromatic heterocycles. The molecule has 1 fully saturated rings. The van der Waals surface area contributed by atoms with E-state index in [0.717, 1.165) is 50.9 Å². The van der Waals surface area contributed by atoms with Gasteiger partial charge in [0.2, 0.25) is 5.91 Å². The summed E-state index contributed by atoms with van der Waals surface area (Å²) in [7, 11) is 8.68. The van der Waals surface area contributed by atoms with E-state index in [9.17, 15) is 4.79 Å². The summed E-state index contributed by atoms with van der Waals surface area (Å²) in [5.41, 5.74) is 4.90. The second-order valence-corrected chi connectivity index (χ2v) is 8.40. The van der Waals surface area contributed by atoms with E-state index in [1.54, 1.807) is 28.4 Å². The van der Waals surface area contributed by atoms with E-state index < -0.39 is 0 Å². The van der Waals surface area contributed by atoms with E-state index in [0.29, 0.717) is 6.42 Å². The van der Waals surface area contributed by atoms with Crippen LogP contribution >= 0.6 is 0 Å². The molecule has 7 nitrogen and oxygen atoms in total. The lowest BCUT2D eigenvalue weighted by Crippen LogP contribution is -2.59. The van der Waals surface area contributed by atoms with Gasteiger partial charge in [-0.05, 0) is 44.3 Å². The molecule has 0 N–H and O–H groups in total. The number of amides is 1. The van der Waals surface area contributed by atoms with E-state index in [1.807, 2.05) is 36.2 Å². The molecule has 0 aliphatic carbocycles. The second kappa shape index (κ2) is 7.45. The van der Waals surface area contributed by atoms with Crippen molar-refractivity contribution in [2.45, 2.75) is 31.5 Å². The van der Waals surface area contributed by atoms with Gasteiger partial charge in [0.05, 0.1) is 46.6 Å². The molecule has 2 bridgehead atoms. The van der Waals surface area contributed by atoms with Gasteiger partial charge in [0.1, 0.15) is 23.0 Å². The first kappa shape index (κ1) is 20.7. The van der Waals surface area contributed by atoms with Crippen LogP contribution in [0.5, 0.6) is 23.0 Å². The number of hydrogen-bond acceptors (Lipinski definition) is 6. The Balaban J connectivity index is 1.81. The highest BCUT2D eigenvalue weighted by Crippen LogP contribution is 2.54. The first-order chi connectivity index (χ1) is 15.5. The number of likely N-dealkylation sites (N-methyl/N-ethyl adjacent to an activating group) is 1. The Morgan fingerprint density at radius 1 is 0.844 bits per heavy atom. The van der Waals surface area contributed by atoms with Gasteiger partial charge in [0.15, 0.2) is 0 Å². The van der Waals surface area contributed by atoms with Gasteiger partial charge >= 0.3 is 0 Å². The molecule has 5 rings (SSSR count). The Bertz CT molecular complexity index is 1140. The third kappa shape index (κ3) is 2.60. The normalized spacial score (nSPS) is 23.6. The number of ether oxygens (including phenoxy) is 4. The summed E-state index contributed by atoms with van der Waals surface area (Å²) < 4.78 is 22.8. The molecule has 0 unspecified atom stereocenters. The molecule has 3 heterocycles. The van der Waals surface area contributed by atoms with Gasteiger partial charge in [-0.25, -0.2) is 0 Å². The predicted octanol–water partition coefficient (Wildman–Crippen LogP) is 3.58. The quantitative estimate of drug-likeness (QED) is 0.730. The van der Waals surface area contributed by atoms with Crippen molar-refractivity contribution in [3.05, 3.63) is 52.2 Å². The van der Waals surface area contributed by atoms with Gasteiger partial charge in [-0.15, -0.1) is 0 Å². The highest BCUT2D eigenvalue weighted by atomic mass is 16.5. The Kier molecular flexibility index (Phi) is 4.82. The summed E-state index contributed by atoms with van der Waals surface area (Å²) in [6.07, 6.45) is 2.64. The number of carbonyl (C=O) groups excluding carboxylic acids is 1. The number of fused-ring (bicyclic) bond motifs is 7. The minimum absolute atomic E-state index is 0.0774. The first-order valence-electron chi connectivity index (χ1n) is 10.7. The fraction of sp³-hybridized carbons (Fsp3) is 0.400. The summed E-state index contributed by atoms with van der Waals surface area (Å²) in [4.78, 5) is 17.9. The zero-order chi connectivity index (χ0) is 22.7. The monoisotopic (exact) mass is 436 g/mol. The van der Waals surface area contributed by atoms with Crippen molar-refractivity contribution >= 4 is 12.0 Å². The molecule has 0 spiro atoms. The molecular formula is C25H28N2O5. The molecule has 1 amide bonds. The number of piperazine rings is 1. The van der Waals surface area contributed by atoms with Crippen molar-refractivity contribution in [1.82, 2.24) is 9.80 Å². The average Bonchev–Trinajstić information content (AvgIpc) is 2.80. The maximum atomic E-state index is 13.8. The fourth-order valence-corrected chi connectivity index (χ4v) is 5.63. The number of carbonyl (C=O) groups is 1. The van der Waals surface area contributed by atoms with Crippen LogP contribution in [0.15, 0.2) is 30.0 Å². The highest BCUT2D eigenvalue weighted by molar-refractivity contribution is 5.90.